The van der Waals surface area contributed by atoms with Gasteiger partial charge in [-0.1, -0.05) is 19.3 Å². The van der Waals surface area contributed by atoms with Crippen molar-refractivity contribution < 1.29 is 24.0 Å². The zero-order chi connectivity index (χ0) is 19.1. The lowest BCUT2D eigenvalue weighted by atomic mass is 9.94. The van der Waals surface area contributed by atoms with E-state index in [1.165, 1.54) is 18.6 Å². The number of rotatable bonds is 7. The molecule has 2 rings (SSSR count). The van der Waals surface area contributed by atoms with E-state index in [1.54, 1.807) is 18.9 Å². The van der Waals surface area contributed by atoms with E-state index in [0.717, 1.165) is 31.7 Å². The van der Waals surface area contributed by atoms with Gasteiger partial charge in [0.15, 0.2) is 12.4 Å². The SMILES string of the molecule is CCOc1ccc(C(=O)OCC(=O)N(C)C2CCCCC2)cc1[N+](=O)[O-]. The fourth-order valence-corrected chi connectivity index (χ4v) is 3.05. The highest BCUT2D eigenvalue weighted by Gasteiger charge is 2.24. The van der Waals surface area contributed by atoms with Crippen LogP contribution in [-0.2, 0) is 9.53 Å². The van der Waals surface area contributed by atoms with Crippen molar-refractivity contribution in [2.45, 2.75) is 45.1 Å². The van der Waals surface area contributed by atoms with Crippen LogP contribution < -0.4 is 4.74 Å². The topological polar surface area (TPSA) is 99.0 Å². The molecule has 8 heteroatoms. The molecule has 0 aromatic heterocycles. The molecule has 1 aliphatic rings. The van der Waals surface area contributed by atoms with E-state index in [2.05, 4.69) is 0 Å². The number of nitro benzene ring substituents is 1. The Hall–Kier alpha value is -2.64. The molecule has 0 heterocycles. The predicted molar refractivity (Wildman–Crippen MR) is 94.2 cm³/mol. The number of hydrogen-bond donors (Lipinski definition) is 0. The molecule has 1 aromatic carbocycles. The minimum Gasteiger partial charge on any atom is -0.487 e. The lowest BCUT2D eigenvalue weighted by Crippen LogP contribution is -2.40. The third kappa shape index (κ3) is 4.93. The molecule has 1 saturated carbocycles. The maximum atomic E-state index is 12.2. The number of nitrogens with zero attached hydrogens (tertiary/aromatic N) is 2. The van der Waals surface area contributed by atoms with Crippen LogP contribution in [0.2, 0.25) is 0 Å². The maximum absolute atomic E-state index is 12.2. The summed E-state index contributed by atoms with van der Waals surface area (Å²) in [4.78, 5) is 36.5. The maximum Gasteiger partial charge on any atom is 0.338 e. The minimum atomic E-state index is -0.776. The summed E-state index contributed by atoms with van der Waals surface area (Å²) >= 11 is 0. The van der Waals surface area contributed by atoms with Gasteiger partial charge < -0.3 is 14.4 Å². The minimum absolute atomic E-state index is 0.00766. The van der Waals surface area contributed by atoms with Gasteiger partial charge in [-0.25, -0.2) is 4.79 Å². The molecule has 1 amide bonds. The van der Waals surface area contributed by atoms with E-state index in [9.17, 15) is 19.7 Å². The molecule has 26 heavy (non-hydrogen) atoms. The van der Waals surface area contributed by atoms with Crippen LogP contribution in [0.4, 0.5) is 5.69 Å². The Bertz CT molecular complexity index is 670. The molecule has 0 radical (unpaired) electrons. The Morgan fingerprint density at radius 2 is 1.96 bits per heavy atom. The number of carbonyl (C=O) groups is 2. The zero-order valence-electron chi connectivity index (χ0n) is 15.1. The van der Waals surface area contributed by atoms with Crippen LogP contribution in [0.25, 0.3) is 0 Å². The lowest BCUT2D eigenvalue weighted by molar-refractivity contribution is -0.385. The van der Waals surface area contributed by atoms with Crippen LogP contribution >= 0.6 is 0 Å². The Balaban J connectivity index is 1.97. The Morgan fingerprint density at radius 1 is 1.27 bits per heavy atom. The normalized spacial score (nSPS) is 14.5. The van der Waals surface area contributed by atoms with Crippen LogP contribution in [0.3, 0.4) is 0 Å². The van der Waals surface area contributed by atoms with Gasteiger partial charge in [0, 0.05) is 19.2 Å². The summed E-state index contributed by atoms with van der Waals surface area (Å²) < 4.78 is 10.2. The second kappa shape index (κ2) is 9.17. The number of esters is 1. The molecule has 0 spiro atoms. The molecule has 0 bridgehead atoms. The number of hydrogen-bond acceptors (Lipinski definition) is 6. The fourth-order valence-electron chi connectivity index (χ4n) is 3.05. The largest absolute Gasteiger partial charge is 0.487 e. The first-order valence-corrected chi connectivity index (χ1v) is 8.78. The van der Waals surface area contributed by atoms with Gasteiger partial charge >= 0.3 is 11.7 Å². The van der Waals surface area contributed by atoms with Crippen LogP contribution in [0.5, 0.6) is 5.75 Å². The summed E-state index contributed by atoms with van der Waals surface area (Å²) in [5.74, 6) is -0.964. The third-order valence-corrected chi connectivity index (χ3v) is 4.53. The van der Waals surface area contributed by atoms with Crippen LogP contribution in [0, 0.1) is 10.1 Å². The zero-order valence-corrected chi connectivity index (χ0v) is 15.1. The van der Waals surface area contributed by atoms with E-state index in [1.807, 2.05) is 0 Å². The second-order valence-electron chi connectivity index (χ2n) is 6.25. The van der Waals surface area contributed by atoms with E-state index >= 15 is 0 Å². The molecular formula is C18H24N2O6. The summed E-state index contributed by atoms with van der Waals surface area (Å²) in [5.41, 5.74) is -0.305. The molecule has 0 N–H and O–H groups in total. The van der Waals surface area contributed by atoms with E-state index in [0.29, 0.717) is 0 Å². The van der Waals surface area contributed by atoms with Gasteiger partial charge in [0.05, 0.1) is 17.1 Å². The summed E-state index contributed by atoms with van der Waals surface area (Å²) in [6, 6.07) is 4.02. The first-order valence-electron chi connectivity index (χ1n) is 8.78. The van der Waals surface area contributed by atoms with Crippen molar-refractivity contribution in [2.24, 2.45) is 0 Å². The lowest BCUT2D eigenvalue weighted by Gasteiger charge is -2.31. The first-order chi connectivity index (χ1) is 12.4. The number of amides is 1. The van der Waals surface area contributed by atoms with Crippen molar-refractivity contribution >= 4 is 17.6 Å². The summed E-state index contributed by atoms with van der Waals surface area (Å²) in [7, 11) is 1.72. The second-order valence-corrected chi connectivity index (χ2v) is 6.25. The van der Waals surface area contributed by atoms with Gasteiger partial charge in [-0.05, 0) is 31.9 Å². The highest BCUT2D eigenvalue weighted by atomic mass is 16.6. The molecule has 0 atom stereocenters. The van der Waals surface area contributed by atoms with Crippen molar-refractivity contribution in [2.75, 3.05) is 20.3 Å². The molecular weight excluding hydrogens is 340 g/mol. The quantitative estimate of drug-likeness (QED) is 0.419. The summed E-state index contributed by atoms with van der Waals surface area (Å²) in [5, 5.41) is 11.1. The molecule has 142 valence electrons. The monoisotopic (exact) mass is 364 g/mol. The van der Waals surface area contributed by atoms with E-state index in [-0.39, 0.29) is 42.2 Å². The van der Waals surface area contributed by atoms with Crippen molar-refractivity contribution in [3.63, 3.8) is 0 Å². The van der Waals surface area contributed by atoms with Crippen molar-refractivity contribution in [3.8, 4) is 5.75 Å². The average molecular weight is 364 g/mol. The van der Waals surface area contributed by atoms with Crippen LogP contribution in [0.1, 0.15) is 49.4 Å². The van der Waals surface area contributed by atoms with Crippen LogP contribution in [0.15, 0.2) is 18.2 Å². The van der Waals surface area contributed by atoms with Gasteiger partial charge in [0.1, 0.15) is 0 Å². The summed E-state index contributed by atoms with van der Waals surface area (Å²) in [6.45, 7) is 1.60. The van der Waals surface area contributed by atoms with Gasteiger partial charge in [-0.3, -0.25) is 14.9 Å². The standard InChI is InChI=1S/C18H24N2O6/c1-3-25-16-10-9-13(11-15(16)20(23)24)18(22)26-12-17(21)19(2)14-7-5-4-6-8-14/h9-11,14H,3-8,12H2,1-2H3. The molecule has 8 nitrogen and oxygen atoms in total. The van der Waals surface area contributed by atoms with Crippen molar-refractivity contribution in [1.29, 1.82) is 0 Å². The number of likely N-dealkylation sites (N-methyl/N-ethyl adjacent to an activating group) is 1. The molecule has 1 aliphatic carbocycles. The van der Waals surface area contributed by atoms with Gasteiger partial charge in [-0.2, -0.15) is 0 Å². The van der Waals surface area contributed by atoms with E-state index in [4.69, 9.17) is 9.47 Å². The number of ether oxygens (including phenoxy) is 2. The highest BCUT2D eigenvalue weighted by molar-refractivity contribution is 5.92. The first kappa shape index (κ1) is 19.7. The van der Waals surface area contributed by atoms with Gasteiger partial charge in [0.2, 0.25) is 0 Å². The number of benzene rings is 1. The summed E-state index contributed by atoms with van der Waals surface area (Å²) in [6.07, 6.45) is 5.29. The molecule has 0 aliphatic heterocycles. The van der Waals surface area contributed by atoms with Crippen molar-refractivity contribution in [1.82, 2.24) is 4.90 Å². The molecule has 0 unspecified atom stereocenters. The average Bonchev–Trinajstić information content (AvgIpc) is 2.66. The fraction of sp³-hybridized carbons (Fsp3) is 0.556. The van der Waals surface area contributed by atoms with Crippen molar-refractivity contribution in [3.05, 3.63) is 33.9 Å². The van der Waals surface area contributed by atoms with E-state index < -0.39 is 10.9 Å². The Morgan fingerprint density at radius 3 is 2.58 bits per heavy atom. The molecule has 0 saturated heterocycles. The number of nitro groups is 1. The smallest absolute Gasteiger partial charge is 0.338 e. The Labute approximate surface area is 152 Å². The van der Waals surface area contributed by atoms with Gasteiger partial charge in [-0.15, -0.1) is 0 Å². The Kier molecular flexibility index (Phi) is 6.94. The molecule has 1 fully saturated rings. The van der Waals surface area contributed by atoms with Gasteiger partial charge in [0.25, 0.3) is 5.91 Å². The highest BCUT2D eigenvalue weighted by Crippen LogP contribution is 2.28. The van der Waals surface area contributed by atoms with Crippen LogP contribution in [-0.4, -0.2) is 48.0 Å². The molecule has 1 aromatic rings. The number of carbonyl (C=O) groups excluding carboxylic acids is 2. The third-order valence-electron chi connectivity index (χ3n) is 4.53. The predicted octanol–water partition coefficient (Wildman–Crippen LogP) is 2.94.